The van der Waals surface area contributed by atoms with Crippen molar-refractivity contribution in [3.8, 4) is 5.75 Å². The second-order valence-electron chi connectivity index (χ2n) is 4.70. The van der Waals surface area contributed by atoms with E-state index >= 15 is 0 Å². The van der Waals surface area contributed by atoms with Crippen LogP contribution in [0, 0.1) is 0 Å². The Balaban J connectivity index is 2.13. The molecule has 0 aromatic heterocycles. The van der Waals surface area contributed by atoms with Crippen molar-refractivity contribution in [2.45, 2.75) is 12.0 Å². The molecule has 1 aromatic rings. The molecule has 4 nitrogen and oxygen atoms in total. The van der Waals surface area contributed by atoms with Gasteiger partial charge in [-0.25, -0.2) is 0 Å². The van der Waals surface area contributed by atoms with E-state index in [2.05, 4.69) is 5.32 Å². The molecule has 0 unspecified atom stereocenters. The molecule has 0 bridgehead atoms. The summed E-state index contributed by atoms with van der Waals surface area (Å²) in [6.07, 6.45) is 0. The third-order valence-corrected chi connectivity index (χ3v) is 3.89. The number of benzene rings is 1. The van der Waals surface area contributed by atoms with Crippen LogP contribution in [0.3, 0.4) is 0 Å². The molecular formula is C13H16N2O2. The lowest BCUT2D eigenvalue weighted by atomic mass is 9.85. The highest BCUT2D eigenvalue weighted by Gasteiger charge is 2.40. The van der Waals surface area contributed by atoms with Crippen molar-refractivity contribution in [3.05, 3.63) is 29.3 Å². The summed E-state index contributed by atoms with van der Waals surface area (Å²) >= 11 is 0. The maximum atomic E-state index is 12.2. The fourth-order valence-corrected chi connectivity index (χ4v) is 2.90. The molecule has 0 spiro atoms. The van der Waals surface area contributed by atoms with Crippen LogP contribution >= 0.6 is 0 Å². The number of hydrogen-bond acceptors (Lipinski definition) is 3. The molecule has 4 heteroatoms. The number of amides is 1. The van der Waals surface area contributed by atoms with Crippen LogP contribution in [0.5, 0.6) is 5.75 Å². The minimum absolute atomic E-state index is 0.118. The lowest BCUT2D eigenvalue weighted by Gasteiger charge is -2.35. The highest BCUT2D eigenvalue weighted by Crippen LogP contribution is 2.36. The monoisotopic (exact) mass is 232 g/mol. The normalized spacial score (nSPS) is 26.7. The largest absolute Gasteiger partial charge is 0.497 e. The first-order valence-electron chi connectivity index (χ1n) is 5.88. The Kier molecular flexibility index (Phi) is 2.33. The van der Waals surface area contributed by atoms with Gasteiger partial charge in [0.15, 0.2) is 0 Å². The molecule has 2 atom stereocenters. The highest BCUT2D eigenvalue weighted by molar-refractivity contribution is 5.97. The average molecular weight is 232 g/mol. The third kappa shape index (κ3) is 1.44. The second-order valence-corrected chi connectivity index (χ2v) is 4.70. The molecule has 17 heavy (non-hydrogen) atoms. The van der Waals surface area contributed by atoms with Crippen LogP contribution in [0.4, 0.5) is 0 Å². The van der Waals surface area contributed by atoms with Gasteiger partial charge in [0.25, 0.3) is 5.91 Å². The van der Waals surface area contributed by atoms with Gasteiger partial charge in [-0.15, -0.1) is 0 Å². The average Bonchev–Trinajstić information content (AvgIpc) is 2.84. The number of rotatable bonds is 1. The van der Waals surface area contributed by atoms with Crippen LogP contribution in [0.2, 0.25) is 0 Å². The van der Waals surface area contributed by atoms with Gasteiger partial charge in [-0.3, -0.25) is 4.79 Å². The SMILES string of the molecule is COc1ccc2c(c1)[C@H]1CNC[C@@H]1N(C)C2=O. The number of nitrogens with zero attached hydrogens (tertiary/aromatic N) is 1. The first-order valence-corrected chi connectivity index (χ1v) is 5.88. The molecule has 1 amide bonds. The molecule has 2 heterocycles. The minimum Gasteiger partial charge on any atom is -0.497 e. The van der Waals surface area contributed by atoms with Crippen molar-refractivity contribution in [3.63, 3.8) is 0 Å². The molecule has 1 saturated heterocycles. The third-order valence-electron chi connectivity index (χ3n) is 3.89. The van der Waals surface area contributed by atoms with Gasteiger partial charge < -0.3 is 15.0 Å². The predicted molar refractivity (Wildman–Crippen MR) is 64.5 cm³/mol. The fourth-order valence-electron chi connectivity index (χ4n) is 2.90. The molecule has 0 aliphatic carbocycles. The Hall–Kier alpha value is -1.55. The summed E-state index contributed by atoms with van der Waals surface area (Å²) in [5.41, 5.74) is 1.95. The number of likely N-dealkylation sites (N-methyl/N-ethyl adjacent to an activating group) is 1. The van der Waals surface area contributed by atoms with E-state index < -0.39 is 0 Å². The van der Waals surface area contributed by atoms with Crippen molar-refractivity contribution in [1.29, 1.82) is 0 Å². The summed E-state index contributed by atoms with van der Waals surface area (Å²) in [5.74, 6) is 1.34. The number of carbonyl (C=O) groups excluding carboxylic acids is 1. The van der Waals surface area contributed by atoms with Gasteiger partial charge in [0.05, 0.1) is 13.2 Å². The Labute approximate surface area is 101 Å². The minimum atomic E-state index is 0.118. The highest BCUT2D eigenvalue weighted by atomic mass is 16.5. The van der Waals surface area contributed by atoms with Gasteiger partial charge in [0.1, 0.15) is 5.75 Å². The van der Waals surface area contributed by atoms with Crippen molar-refractivity contribution in [1.82, 2.24) is 10.2 Å². The number of fused-ring (bicyclic) bond motifs is 3. The van der Waals surface area contributed by atoms with Crippen molar-refractivity contribution >= 4 is 5.91 Å². The van der Waals surface area contributed by atoms with E-state index in [1.54, 1.807) is 7.11 Å². The zero-order chi connectivity index (χ0) is 12.0. The number of ether oxygens (including phenoxy) is 1. The van der Waals surface area contributed by atoms with Crippen LogP contribution in [0.1, 0.15) is 21.8 Å². The number of methoxy groups -OCH3 is 1. The topological polar surface area (TPSA) is 41.6 Å². The second kappa shape index (κ2) is 3.74. The van der Waals surface area contributed by atoms with Crippen molar-refractivity contribution < 1.29 is 9.53 Å². The molecule has 1 fully saturated rings. The predicted octanol–water partition coefficient (Wildman–Crippen LogP) is 0.836. The van der Waals surface area contributed by atoms with Crippen molar-refractivity contribution in [2.24, 2.45) is 0 Å². The van der Waals surface area contributed by atoms with Crippen LogP contribution < -0.4 is 10.1 Å². The van der Waals surface area contributed by atoms with Gasteiger partial charge >= 0.3 is 0 Å². The van der Waals surface area contributed by atoms with E-state index in [1.807, 2.05) is 30.1 Å². The van der Waals surface area contributed by atoms with E-state index in [0.29, 0.717) is 5.92 Å². The zero-order valence-electron chi connectivity index (χ0n) is 10.1. The standard InChI is InChI=1S/C13H16N2O2/c1-15-12-7-14-6-11(12)10-5-8(17-2)3-4-9(10)13(15)16/h3-5,11-12,14H,6-7H2,1-2H3/t11-,12+/m1/s1. The summed E-state index contributed by atoms with van der Waals surface area (Å²) in [6, 6.07) is 6.02. The number of nitrogens with one attached hydrogen (secondary N) is 1. The lowest BCUT2D eigenvalue weighted by molar-refractivity contribution is 0.0706. The van der Waals surface area contributed by atoms with E-state index in [-0.39, 0.29) is 11.9 Å². The van der Waals surface area contributed by atoms with E-state index in [9.17, 15) is 4.79 Å². The van der Waals surface area contributed by atoms with E-state index in [0.717, 1.165) is 30.0 Å². The van der Waals surface area contributed by atoms with Gasteiger partial charge in [0.2, 0.25) is 0 Å². The number of carbonyl (C=O) groups is 1. The summed E-state index contributed by atoms with van der Waals surface area (Å²) < 4.78 is 5.25. The molecular weight excluding hydrogens is 216 g/mol. The molecule has 0 saturated carbocycles. The first kappa shape index (κ1) is 10.6. The van der Waals surface area contributed by atoms with Crippen LogP contribution in [0.25, 0.3) is 0 Å². The van der Waals surface area contributed by atoms with E-state index in [1.165, 1.54) is 0 Å². The lowest BCUT2D eigenvalue weighted by Crippen LogP contribution is -2.45. The van der Waals surface area contributed by atoms with Gasteiger partial charge in [-0.05, 0) is 23.8 Å². The summed E-state index contributed by atoms with van der Waals surface area (Å²) in [6.45, 7) is 1.81. The Morgan fingerprint density at radius 2 is 2.24 bits per heavy atom. The molecule has 2 aliphatic heterocycles. The van der Waals surface area contributed by atoms with Gasteiger partial charge in [-0.2, -0.15) is 0 Å². The fraction of sp³-hybridized carbons (Fsp3) is 0.462. The maximum absolute atomic E-state index is 12.2. The quantitative estimate of drug-likeness (QED) is 0.780. The van der Waals surface area contributed by atoms with Crippen molar-refractivity contribution in [2.75, 3.05) is 27.2 Å². The molecule has 90 valence electrons. The number of hydrogen-bond donors (Lipinski definition) is 1. The zero-order valence-corrected chi connectivity index (χ0v) is 10.1. The molecule has 2 aliphatic rings. The van der Waals surface area contributed by atoms with Gasteiger partial charge in [0, 0.05) is 31.6 Å². The smallest absolute Gasteiger partial charge is 0.254 e. The molecule has 0 radical (unpaired) electrons. The Bertz CT molecular complexity index is 472. The van der Waals surface area contributed by atoms with Crippen LogP contribution in [0.15, 0.2) is 18.2 Å². The van der Waals surface area contributed by atoms with E-state index in [4.69, 9.17) is 4.74 Å². The van der Waals surface area contributed by atoms with Crippen LogP contribution in [-0.4, -0.2) is 44.1 Å². The first-order chi connectivity index (χ1) is 8.22. The maximum Gasteiger partial charge on any atom is 0.254 e. The molecule has 1 N–H and O–H groups in total. The Morgan fingerprint density at radius 3 is 3.00 bits per heavy atom. The molecule has 3 rings (SSSR count). The summed E-state index contributed by atoms with van der Waals surface area (Å²) in [4.78, 5) is 14.1. The van der Waals surface area contributed by atoms with Crippen LogP contribution in [-0.2, 0) is 0 Å². The summed E-state index contributed by atoms with van der Waals surface area (Å²) in [5, 5.41) is 3.36. The Morgan fingerprint density at radius 1 is 1.41 bits per heavy atom. The summed E-state index contributed by atoms with van der Waals surface area (Å²) in [7, 11) is 3.54. The van der Waals surface area contributed by atoms with Gasteiger partial charge in [-0.1, -0.05) is 0 Å². The molecule has 1 aromatic carbocycles.